The second kappa shape index (κ2) is 3.27. The lowest BCUT2D eigenvalue weighted by atomic mass is 9.83. The Bertz CT molecular complexity index is 438. The number of rotatable bonds is 2. The van der Waals surface area contributed by atoms with Crippen LogP contribution in [-0.2, 0) is 0 Å². The average molecular weight is 220 g/mol. The SMILES string of the molecule is Nc1[nH]cc(C2CC3CCC2C3)c1C(=O)O. The molecule has 2 aliphatic rings. The number of carbonyl (C=O) groups is 1. The molecule has 4 heteroatoms. The first-order valence-electron chi connectivity index (χ1n) is 5.87. The summed E-state index contributed by atoms with van der Waals surface area (Å²) in [6, 6.07) is 0. The third kappa shape index (κ3) is 1.25. The van der Waals surface area contributed by atoms with Gasteiger partial charge in [0.25, 0.3) is 0 Å². The monoisotopic (exact) mass is 220 g/mol. The molecule has 0 spiro atoms. The van der Waals surface area contributed by atoms with Crippen LogP contribution in [0.5, 0.6) is 0 Å². The lowest BCUT2D eigenvalue weighted by molar-refractivity contribution is 0.0696. The number of aromatic carboxylic acids is 1. The van der Waals surface area contributed by atoms with Crippen molar-refractivity contribution in [3.63, 3.8) is 0 Å². The Balaban J connectivity index is 1.98. The molecule has 3 rings (SSSR count). The number of nitrogen functional groups attached to an aromatic ring is 1. The number of carboxylic acid groups (broad SMARTS) is 1. The van der Waals surface area contributed by atoms with E-state index in [0.29, 0.717) is 23.2 Å². The summed E-state index contributed by atoms with van der Waals surface area (Å²) in [5.74, 6) is 1.30. The summed E-state index contributed by atoms with van der Waals surface area (Å²) in [5, 5.41) is 9.17. The van der Waals surface area contributed by atoms with E-state index in [1.807, 2.05) is 0 Å². The van der Waals surface area contributed by atoms with Gasteiger partial charge in [-0.3, -0.25) is 0 Å². The highest BCUT2D eigenvalue weighted by Gasteiger charge is 2.42. The van der Waals surface area contributed by atoms with Crippen molar-refractivity contribution in [1.82, 2.24) is 4.98 Å². The van der Waals surface area contributed by atoms with Crippen molar-refractivity contribution in [3.05, 3.63) is 17.3 Å². The number of aromatic amines is 1. The molecule has 86 valence electrons. The van der Waals surface area contributed by atoms with E-state index in [4.69, 9.17) is 10.8 Å². The Kier molecular flexibility index (Phi) is 1.99. The molecule has 2 bridgehead atoms. The molecule has 0 aromatic carbocycles. The molecule has 3 unspecified atom stereocenters. The largest absolute Gasteiger partial charge is 0.478 e. The van der Waals surface area contributed by atoms with Gasteiger partial charge in [0, 0.05) is 6.20 Å². The molecule has 4 nitrogen and oxygen atoms in total. The number of nitrogens with two attached hydrogens (primary N) is 1. The van der Waals surface area contributed by atoms with Gasteiger partial charge in [0.1, 0.15) is 11.4 Å². The van der Waals surface area contributed by atoms with Crippen molar-refractivity contribution < 1.29 is 9.90 Å². The van der Waals surface area contributed by atoms with E-state index in [9.17, 15) is 4.79 Å². The predicted molar refractivity (Wildman–Crippen MR) is 60.4 cm³/mol. The molecule has 2 fully saturated rings. The normalized spacial score (nSPS) is 32.1. The van der Waals surface area contributed by atoms with E-state index in [2.05, 4.69) is 4.98 Å². The molecule has 2 saturated carbocycles. The van der Waals surface area contributed by atoms with Crippen molar-refractivity contribution in [3.8, 4) is 0 Å². The molecule has 1 aromatic rings. The first-order valence-corrected chi connectivity index (χ1v) is 5.87. The molecule has 0 amide bonds. The minimum absolute atomic E-state index is 0.297. The molecule has 16 heavy (non-hydrogen) atoms. The van der Waals surface area contributed by atoms with Crippen LogP contribution in [0.3, 0.4) is 0 Å². The zero-order chi connectivity index (χ0) is 11.3. The molecule has 3 atom stereocenters. The van der Waals surface area contributed by atoms with Gasteiger partial charge in [-0.25, -0.2) is 4.79 Å². The van der Waals surface area contributed by atoms with Gasteiger partial charge >= 0.3 is 5.97 Å². The van der Waals surface area contributed by atoms with Crippen LogP contribution in [0, 0.1) is 11.8 Å². The summed E-state index contributed by atoms with van der Waals surface area (Å²) in [6.45, 7) is 0. The van der Waals surface area contributed by atoms with E-state index in [1.54, 1.807) is 6.20 Å². The summed E-state index contributed by atoms with van der Waals surface area (Å²) in [5.41, 5.74) is 6.90. The van der Waals surface area contributed by atoms with Crippen molar-refractivity contribution in [2.24, 2.45) is 11.8 Å². The van der Waals surface area contributed by atoms with Gasteiger partial charge in [0.2, 0.25) is 0 Å². The summed E-state index contributed by atoms with van der Waals surface area (Å²) < 4.78 is 0. The van der Waals surface area contributed by atoms with Crippen LogP contribution >= 0.6 is 0 Å². The fourth-order valence-electron chi connectivity index (χ4n) is 3.61. The predicted octanol–water partition coefficient (Wildman–Crippen LogP) is 2.20. The highest BCUT2D eigenvalue weighted by molar-refractivity contribution is 5.95. The fourth-order valence-corrected chi connectivity index (χ4v) is 3.61. The number of hydrogen-bond acceptors (Lipinski definition) is 2. The molecule has 4 N–H and O–H groups in total. The van der Waals surface area contributed by atoms with E-state index >= 15 is 0 Å². The first-order chi connectivity index (χ1) is 7.66. The van der Waals surface area contributed by atoms with Crippen LogP contribution in [0.2, 0.25) is 0 Å². The van der Waals surface area contributed by atoms with Crippen molar-refractivity contribution in [1.29, 1.82) is 0 Å². The number of aromatic nitrogens is 1. The molecule has 1 heterocycles. The van der Waals surface area contributed by atoms with Crippen LogP contribution in [0.15, 0.2) is 6.20 Å². The Labute approximate surface area is 93.8 Å². The second-order valence-electron chi connectivity index (χ2n) is 5.12. The van der Waals surface area contributed by atoms with Crippen LogP contribution in [0.25, 0.3) is 0 Å². The number of H-pyrrole nitrogens is 1. The molecular weight excluding hydrogens is 204 g/mol. The fraction of sp³-hybridized carbons (Fsp3) is 0.583. The van der Waals surface area contributed by atoms with Crippen LogP contribution in [0.4, 0.5) is 5.82 Å². The third-order valence-corrected chi connectivity index (χ3v) is 4.29. The number of anilines is 1. The van der Waals surface area contributed by atoms with Crippen molar-refractivity contribution in [2.45, 2.75) is 31.6 Å². The maximum atomic E-state index is 11.2. The van der Waals surface area contributed by atoms with Crippen LogP contribution < -0.4 is 5.73 Å². The van der Waals surface area contributed by atoms with Crippen LogP contribution in [-0.4, -0.2) is 16.1 Å². The lowest BCUT2D eigenvalue weighted by Crippen LogP contribution is -2.12. The van der Waals surface area contributed by atoms with E-state index in [-0.39, 0.29) is 0 Å². The van der Waals surface area contributed by atoms with Gasteiger partial charge in [-0.15, -0.1) is 0 Å². The quantitative estimate of drug-likeness (QED) is 0.714. The Morgan fingerprint density at radius 2 is 2.25 bits per heavy atom. The second-order valence-corrected chi connectivity index (χ2v) is 5.12. The van der Waals surface area contributed by atoms with E-state index in [1.165, 1.54) is 19.3 Å². The van der Waals surface area contributed by atoms with Crippen molar-refractivity contribution in [2.75, 3.05) is 5.73 Å². The smallest absolute Gasteiger partial charge is 0.339 e. The Morgan fingerprint density at radius 3 is 2.81 bits per heavy atom. The maximum Gasteiger partial charge on any atom is 0.339 e. The maximum absolute atomic E-state index is 11.2. The zero-order valence-electron chi connectivity index (χ0n) is 9.07. The van der Waals surface area contributed by atoms with Gasteiger partial charge in [0.15, 0.2) is 0 Å². The average Bonchev–Trinajstić information content (AvgIpc) is 2.89. The minimum atomic E-state index is -0.906. The minimum Gasteiger partial charge on any atom is -0.478 e. The molecule has 1 aromatic heterocycles. The summed E-state index contributed by atoms with van der Waals surface area (Å²) in [4.78, 5) is 14.0. The number of fused-ring (bicyclic) bond motifs is 2. The Morgan fingerprint density at radius 1 is 1.44 bits per heavy atom. The molecular formula is C12H16N2O2. The molecule has 2 aliphatic carbocycles. The first kappa shape index (κ1) is 9.75. The molecule has 0 radical (unpaired) electrons. The Hall–Kier alpha value is -1.45. The highest BCUT2D eigenvalue weighted by Crippen LogP contribution is 2.53. The van der Waals surface area contributed by atoms with E-state index < -0.39 is 5.97 Å². The molecule has 0 aliphatic heterocycles. The van der Waals surface area contributed by atoms with Gasteiger partial charge in [0.05, 0.1) is 0 Å². The number of carboxylic acids is 1. The van der Waals surface area contributed by atoms with Gasteiger partial charge in [-0.1, -0.05) is 6.42 Å². The third-order valence-electron chi connectivity index (χ3n) is 4.29. The lowest BCUT2D eigenvalue weighted by Gasteiger charge is -2.21. The van der Waals surface area contributed by atoms with Gasteiger partial charge in [-0.05, 0) is 42.6 Å². The summed E-state index contributed by atoms with van der Waals surface area (Å²) in [7, 11) is 0. The standard InChI is InChI=1S/C12H16N2O2/c13-11-10(12(15)16)9(5-14-11)8-4-6-1-2-7(8)3-6/h5-8,14H,1-4,13H2,(H,15,16). The van der Waals surface area contributed by atoms with Gasteiger partial charge < -0.3 is 15.8 Å². The highest BCUT2D eigenvalue weighted by atomic mass is 16.4. The summed E-state index contributed by atoms with van der Waals surface area (Å²) >= 11 is 0. The van der Waals surface area contributed by atoms with E-state index in [0.717, 1.165) is 17.9 Å². The molecule has 0 saturated heterocycles. The topological polar surface area (TPSA) is 79.1 Å². The van der Waals surface area contributed by atoms with Crippen LogP contribution in [0.1, 0.15) is 47.5 Å². The summed E-state index contributed by atoms with van der Waals surface area (Å²) in [6.07, 6.45) is 6.78. The number of hydrogen-bond donors (Lipinski definition) is 3. The van der Waals surface area contributed by atoms with Crippen molar-refractivity contribution >= 4 is 11.8 Å². The number of nitrogens with one attached hydrogen (secondary N) is 1. The zero-order valence-corrected chi connectivity index (χ0v) is 9.07. The van der Waals surface area contributed by atoms with Gasteiger partial charge in [-0.2, -0.15) is 0 Å².